The first-order chi connectivity index (χ1) is 11.6. The summed E-state index contributed by atoms with van der Waals surface area (Å²) in [4.78, 5) is 3.23. The third kappa shape index (κ3) is 3.30. The number of anilines is 4. The Morgan fingerprint density at radius 1 is 1.04 bits per heavy atom. The van der Waals surface area contributed by atoms with Crippen molar-refractivity contribution in [2.75, 3.05) is 10.6 Å². The fourth-order valence-electron chi connectivity index (χ4n) is 1.97. The van der Waals surface area contributed by atoms with Gasteiger partial charge in [-0.15, -0.1) is 0 Å². The minimum absolute atomic E-state index is 0.108. The SMILES string of the molecule is [C-]#[N+]c1cccc(Nc2n[s+]([O-])nc2Nc2ccccc2Br)c1O. The first-order valence-electron chi connectivity index (χ1n) is 6.66. The lowest BCUT2D eigenvalue weighted by Crippen LogP contribution is -1.98. The van der Waals surface area contributed by atoms with E-state index in [1.54, 1.807) is 12.1 Å². The Morgan fingerprint density at radius 2 is 1.67 bits per heavy atom. The van der Waals surface area contributed by atoms with E-state index in [2.05, 4.69) is 40.2 Å². The van der Waals surface area contributed by atoms with Crippen LogP contribution in [-0.4, -0.2) is 18.4 Å². The summed E-state index contributed by atoms with van der Waals surface area (Å²) in [6.45, 7) is 7.03. The van der Waals surface area contributed by atoms with Gasteiger partial charge in [0, 0.05) is 13.2 Å². The molecule has 9 heteroatoms. The van der Waals surface area contributed by atoms with Crippen LogP contribution in [0.1, 0.15) is 0 Å². The summed E-state index contributed by atoms with van der Waals surface area (Å²) in [6, 6.07) is 12.1. The van der Waals surface area contributed by atoms with Gasteiger partial charge in [-0.3, -0.25) is 0 Å². The van der Waals surface area contributed by atoms with Crippen LogP contribution in [0.15, 0.2) is 46.9 Å². The van der Waals surface area contributed by atoms with E-state index in [9.17, 15) is 9.66 Å². The van der Waals surface area contributed by atoms with Gasteiger partial charge in [0.1, 0.15) is 5.75 Å². The van der Waals surface area contributed by atoms with E-state index in [-0.39, 0.29) is 28.8 Å². The van der Waals surface area contributed by atoms with E-state index in [0.29, 0.717) is 0 Å². The number of para-hydroxylation sites is 2. The molecule has 0 aliphatic rings. The lowest BCUT2D eigenvalue weighted by Gasteiger charge is -2.08. The molecule has 120 valence electrons. The number of aromatic nitrogens is 2. The Bertz CT molecular complexity index is 938. The Morgan fingerprint density at radius 3 is 2.33 bits per heavy atom. The molecule has 0 saturated carbocycles. The van der Waals surface area contributed by atoms with Gasteiger partial charge in [0.05, 0.1) is 17.9 Å². The standard InChI is InChI=1S/C15H10BrN5O2S/c1-17-11-7-4-8-12(13(11)22)19-15-14(20-24(23)21-15)18-10-6-3-2-5-9(10)16/h2-8,22H,(H,18,20)(H,19,21). The molecule has 1 heterocycles. The Hall–Kier alpha value is -2.67. The highest BCUT2D eigenvalue weighted by Crippen LogP contribution is 2.38. The molecule has 1 atom stereocenters. The fraction of sp³-hybridized carbons (Fsp3) is 0. The first-order valence-corrected chi connectivity index (χ1v) is 8.52. The van der Waals surface area contributed by atoms with Gasteiger partial charge in [-0.2, -0.15) is 0 Å². The molecule has 0 radical (unpaired) electrons. The molecule has 0 fully saturated rings. The zero-order valence-electron chi connectivity index (χ0n) is 12.0. The second-order valence-corrected chi connectivity index (χ2v) is 6.31. The number of aromatic hydroxyl groups is 1. The number of hydrogen-bond donors (Lipinski definition) is 3. The van der Waals surface area contributed by atoms with E-state index < -0.39 is 11.1 Å². The van der Waals surface area contributed by atoms with Gasteiger partial charge in [0.15, 0.2) is 11.1 Å². The molecule has 0 saturated heterocycles. The topological polar surface area (TPSA) is 97.5 Å². The summed E-state index contributed by atoms with van der Waals surface area (Å²) in [5.41, 5.74) is 1.11. The van der Waals surface area contributed by atoms with Crippen LogP contribution in [0.3, 0.4) is 0 Å². The van der Waals surface area contributed by atoms with Crippen LogP contribution in [0.4, 0.5) is 28.7 Å². The van der Waals surface area contributed by atoms with E-state index in [4.69, 9.17) is 6.57 Å². The predicted octanol–water partition coefficient (Wildman–Crippen LogP) is 4.71. The molecule has 1 unspecified atom stereocenters. The van der Waals surface area contributed by atoms with Crippen molar-refractivity contribution in [3.63, 3.8) is 0 Å². The summed E-state index contributed by atoms with van der Waals surface area (Å²) >= 11 is 1.65. The number of nitrogens with zero attached hydrogens (tertiary/aromatic N) is 3. The van der Waals surface area contributed by atoms with Crippen LogP contribution >= 0.6 is 27.1 Å². The van der Waals surface area contributed by atoms with Crippen molar-refractivity contribution < 1.29 is 9.66 Å². The van der Waals surface area contributed by atoms with Crippen LogP contribution < -0.4 is 10.6 Å². The number of phenolic OH excluding ortho intramolecular Hbond substituents is 1. The molecule has 24 heavy (non-hydrogen) atoms. The molecule has 0 amide bonds. The smallest absolute Gasteiger partial charge is 0.237 e. The van der Waals surface area contributed by atoms with Crippen LogP contribution in [0.25, 0.3) is 4.85 Å². The molecule has 7 nitrogen and oxygen atoms in total. The van der Waals surface area contributed by atoms with Gasteiger partial charge in [-0.25, -0.2) is 4.85 Å². The molecule has 1 aromatic heterocycles. The molecule has 3 N–H and O–H groups in total. The maximum atomic E-state index is 11.7. The van der Waals surface area contributed by atoms with Crippen LogP contribution in [0.5, 0.6) is 5.75 Å². The van der Waals surface area contributed by atoms with Gasteiger partial charge in [-0.05, 0) is 34.1 Å². The van der Waals surface area contributed by atoms with E-state index >= 15 is 0 Å². The molecule has 3 rings (SSSR count). The van der Waals surface area contributed by atoms with Crippen molar-refractivity contribution in [1.82, 2.24) is 8.75 Å². The van der Waals surface area contributed by atoms with Crippen molar-refractivity contribution in [3.8, 4) is 5.75 Å². The number of benzene rings is 2. The zero-order valence-corrected chi connectivity index (χ0v) is 14.4. The number of rotatable bonds is 4. The molecular formula is C15H10BrN5O2S. The quantitative estimate of drug-likeness (QED) is 0.331. The number of phenols is 1. The van der Waals surface area contributed by atoms with Crippen LogP contribution in [-0.2, 0) is 0 Å². The van der Waals surface area contributed by atoms with Crippen molar-refractivity contribution >= 4 is 55.8 Å². The number of nitrogens with one attached hydrogen (secondary N) is 2. The summed E-state index contributed by atoms with van der Waals surface area (Å²) in [7, 11) is 0. The lowest BCUT2D eigenvalue weighted by atomic mass is 10.2. The highest BCUT2D eigenvalue weighted by atomic mass is 79.9. The average Bonchev–Trinajstić information content (AvgIpc) is 2.91. The average molecular weight is 404 g/mol. The first kappa shape index (κ1) is 16.2. The van der Waals surface area contributed by atoms with Gasteiger partial charge in [0.2, 0.25) is 17.3 Å². The maximum absolute atomic E-state index is 11.7. The van der Waals surface area contributed by atoms with Crippen LogP contribution in [0, 0.1) is 6.57 Å². The summed E-state index contributed by atoms with van der Waals surface area (Å²) in [6.07, 6.45) is 0. The molecular weight excluding hydrogens is 394 g/mol. The number of halogens is 1. The van der Waals surface area contributed by atoms with Gasteiger partial charge in [-0.1, -0.05) is 24.3 Å². The highest BCUT2D eigenvalue weighted by Gasteiger charge is 2.18. The Balaban J connectivity index is 1.93. The van der Waals surface area contributed by atoms with Gasteiger partial charge < -0.3 is 20.3 Å². The van der Waals surface area contributed by atoms with Gasteiger partial charge >= 0.3 is 0 Å². The Labute approximate surface area is 149 Å². The second-order valence-electron chi connectivity index (χ2n) is 4.63. The van der Waals surface area contributed by atoms with Crippen molar-refractivity contribution in [2.45, 2.75) is 0 Å². The largest absolute Gasteiger partial charge is 0.546 e. The van der Waals surface area contributed by atoms with Gasteiger partial charge in [0.25, 0.3) is 0 Å². The minimum Gasteiger partial charge on any atom is -0.546 e. The van der Waals surface area contributed by atoms with Crippen molar-refractivity contribution in [2.24, 2.45) is 0 Å². The lowest BCUT2D eigenvalue weighted by molar-refractivity contribution is 0.481. The minimum atomic E-state index is -1.76. The Kier molecular flexibility index (Phi) is 4.61. The monoisotopic (exact) mass is 403 g/mol. The third-order valence-corrected chi connectivity index (χ3v) is 4.45. The second kappa shape index (κ2) is 6.84. The molecule has 0 aliphatic carbocycles. The number of hydrogen-bond acceptors (Lipinski definition) is 6. The summed E-state index contributed by atoms with van der Waals surface area (Å²) in [5.74, 6) is 0.280. The predicted molar refractivity (Wildman–Crippen MR) is 95.8 cm³/mol. The van der Waals surface area contributed by atoms with Crippen molar-refractivity contribution in [3.05, 3.63) is 58.4 Å². The molecule has 0 aliphatic heterocycles. The summed E-state index contributed by atoms with van der Waals surface area (Å²) < 4.78 is 20.3. The fourth-order valence-corrected chi connectivity index (χ4v) is 2.97. The summed E-state index contributed by atoms with van der Waals surface area (Å²) in [5, 5.41) is 16.0. The van der Waals surface area contributed by atoms with Crippen molar-refractivity contribution in [1.29, 1.82) is 0 Å². The molecule has 2 aromatic carbocycles. The zero-order chi connectivity index (χ0) is 17.1. The van der Waals surface area contributed by atoms with Crippen LogP contribution in [0.2, 0.25) is 0 Å². The maximum Gasteiger partial charge on any atom is 0.237 e. The molecule has 3 aromatic rings. The normalized spacial score (nSPS) is 11.0. The van der Waals surface area contributed by atoms with E-state index in [1.165, 1.54) is 6.07 Å². The van der Waals surface area contributed by atoms with E-state index in [0.717, 1.165) is 10.2 Å². The molecule has 0 bridgehead atoms. The van der Waals surface area contributed by atoms with E-state index in [1.807, 2.05) is 24.3 Å². The molecule has 0 spiro atoms. The highest BCUT2D eigenvalue weighted by molar-refractivity contribution is 9.10. The third-order valence-electron chi connectivity index (χ3n) is 3.08.